The Labute approximate surface area is 199 Å². The standard InChI is InChI=1S/C24H24FN5O4.H2O/c1-14(31)24(33)34-21-16-5-3-4-6-19(16)30(25)23(32)20(21)22-26-17-8-7-15(13-18(17)27-22)29-11-9-28(2)10-12-29;/h3-8,13-14,31H,9-12H2,1-2H3,(H,26,27);1H2. The molecule has 1 unspecified atom stereocenters. The quantitative estimate of drug-likeness (QED) is 0.420. The van der Waals surface area contributed by atoms with Gasteiger partial charge in [-0.05, 0) is 44.3 Å². The summed E-state index contributed by atoms with van der Waals surface area (Å²) >= 11 is 0. The number of carbonyl (C=O) groups is 1. The number of carbonyl (C=O) groups excluding carboxylic acids is 1. The van der Waals surface area contributed by atoms with E-state index >= 15 is 0 Å². The number of halogens is 1. The molecule has 0 radical (unpaired) electrons. The van der Waals surface area contributed by atoms with Crippen molar-refractivity contribution in [3.05, 3.63) is 52.8 Å². The minimum atomic E-state index is -1.43. The average Bonchev–Trinajstić information content (AvgIpc) is 3.25. The molecule has 1 fully saturated rings. The molecule has 184 valence electrons. The lowest BCUT2D eigenvalue weighted by Crippen LogP contribution is -2.44. The van der Waals surface area contributed by atoms with E-state index in [2.05, 4.69) is 26.8 Å². The summed E-state index contributed by atoms with van der Waals surface area (Å²) in [7, 11) is 2.09. The van der Waals surface area contributed by atoms with Crippen LogP contribution >= 0.6 is 0 Å². The van der Waals surface area contributed by atoms with Crippen molar-refractivity contribution in [2.24, 2.45) is 0 Å². The zero-order valence-electron chi connectivity index (χ0n) is 19.3. The molecule has 0 saturated carbocycles. The van der Waals surface area contributed by atoms with Gasteiger partial charge in [-0.25, -0.2) is 9.78 Å². The van der Waals surface area contributed by atoms with Crippen LogP contribution in [-0.2, 0) is 4.79 Å². The lowest BCUT2D eigenvalue weighted by Gasteiger charge is -2.34. The van der Waals surface area contributed by atoms with Gasteiger partial charge in [0, 0.05) is 37.3 Å². The molecule has 5 rings (SSSR count). The number of pyridine rings is 1. The summed E-state index contributed by atoms with van der Waals surface area (Å²) in [6.07, 6.45) is -1.43. The highest BCUT2D eigenvalue weighted by atomic mass is 19.2. The Morgan fingerprint density at radius 2 is 1.89 bits per heavy atom. The highest BCUT2D eigenvalue weighted by molar-refractivity contribution is 5.95. The number of piperazine rings is 1. The number of H-pyrrole nitrogens is 1. The van der Waals surface area contributed by atoms with Crippen LogP contribution < -0.4 is 15.2 Å². The van der Waals surface area contributed by atoms with Gasteiger partial charge in [0.15, 0.2) is 5.75 Å². The van der Waals surface area contributed by atoms with Crippen LogP contribution in [0.25, 0.3) is 33.3 Å². The summed E-state index contributed by atoms with van der Waals surface area (Å²) in [6, 6.07) is 11.9. The first kappa shape index (κ1) is 24.3. The van der Waals surface area contributed by atoms with E-state index < -0.39 is 17.6 Å². The third-order valence-electron chi connectivity index (χ3n) is 6.09. The number of esters is 1. The van der Waals surface area contributed by atoms with E-state index in [4.69, 9.17) is 4.74 Å². The maximum absolute atomic E-state index is 15.0. The van der Waals surface area contributed by atoms with Crippen molar-refractivity contribution in [3.8, 4) is 17.1 Å². The van der Waals surface area contributed by atoms with Crippen molar-refractivity contribution in [1.82, 2.24) is 19.7 Å². The van der Waals surface area contributed by atoms with Crippen LogP contribution in [0.15, 0.2) is 47.3 Å². The van der Waals surface area contributed by atoms with Crippen LogP contribution in [0.3, 0.4) is 0 Å². The molecule has 1 atom stereocenters. The number of likely N-dealkylation sites (N-methyl/N-ethyl adjacent to an activating group) is 1. The van der Waals surface area contributed by atoms with Gasteiger partial charge in [-0.1, -0.05) is 16.6 Å². The number of hydrogen-bond donors (Lipinski definition) is 2. The Morgan fingerprint density at radius 3 is 2.60 bits per heavy atom. The molecule has 1 aliphatic heterocycles. The molecule has 0 amide bonds. The van der Waals surface area contributed by atoms with Gasteiger partial charge in [0.1, 0.15) is 17.5 Å². The summed E-state index contributed by atoms with van der Waals surface area (Å²) < 4.78 is 20.4. The second-order valence-electron chi connectivity index (χ2n) is 8.48. The van der Waals surface area contributed by atoms with Gasteiger partial charge in [0.25, 0.3) is 5.56 Å². The number of benzene rings is 2. The molecule has 35 heavy (non-hydrogen) atoms. The molecule has 11 heteroatoms. The minimum Gasteiger partial charge on any atom is -0.423 e. The van der Waals surface area contributed by atoms with E-state index in [1.165, 1.54) is 19.1 Å². The zero-order valence-corrected chi connectivity index (χ0v) is 19.3. The number of rotatable bonds is 4. The molecule has 0 aliphatic carbocycles. The van der Waals surface area contributed by atoms with Gasteiger partial charge in [0.2, 0.25) is 0 Å². The summed E-state index contributed by atoms with van der Waals surface area (Å²) in [5.41, 5.74) is 0.949. The van der Waals surface area contributed by atoms with E-state index in [0.29, 0.717) is 11.0 Å². The smallest absolute Gasteiger partial charge is 0.340 e. The monoisotopic (exact) mass is 483 g/mol. The maximum Gasteiger partial charge on any atom is 0.340 e. The van der Waals surface area contributed by atoms with E-state index in [-0.39, 0.29) is 38.3 Å². The van der Waals surface area contributed by atoms with Crippen molar-refractivity contribution in [3.63, 3.8) is 0 Å². The Kier molecular flexibility index (Phi) is 6.57. The third kappa shape index (κ3) is 4.36. The van der Waals surface area contributed by atoms with E-state index in [1.807, 2.05) is 18.2 Å². The Balaban J connectivity index is 0.00000289. The second kappa shape index (κ2) is 9.45. The minimum absolute atomic E-state index is 0. The third-order valence-corrected chi connectivity index (χ3v) is 6.09. The SMILES string of the molecule is CC(O)C(=O)Oc1c(-c2nc3ccc(N4CCN(C)CC4)cc3[nH]2)c(=O)n(F)c2ccccc12.O. The van der Waals surface area contributed by atoms with Gasteiger partial charge in [-0.15, -0.1) is 4.79 Å². The van der Waals surface area contributed by atoms with Crippen LogP contribution in [0.4, 0.5) is 10.2 Å². The predicted octanol–water partition coefficient (Wildman–Crippen LogP) is 1.49. The van der Waals surface area contributed by atoms with E-state index in [1.54, 1.807) is 12.1 Å². The summed E-state index contributed by atoms with van der Waals surface area (Å²) in [6.45, 7) is 4.94. The van der Waals surface area contributed by atoms with Gasteiger partial charge in [-0.2, -0.15) is 0 Å². The molecule has 2 aromatic carbocycles. The first-order valence-corrected chi connectivity index (χ1v) is 11.0. The zero-order chi connectivity index (χ0) is 24.0. The normalized spacial score (nSPS) is 15.3. The Hall–Kier alpha value is -3.80. The maximum atomic E-state index is 15.0. The summed E-state index contributed by atoms with van der Waals surface area (Å²) in [5.74, 6) is -1.05. The molecule has 4 aromatic rings. The van der Waals surface area contributed by atoms with Crippen LogP contribution in [0.5, 0.6) is 5.75 Å². The molecule has 1 aliphatic rings. The number of aromatic amines is 1. The number of nitrogens with zero attached hydrogens (tertiary/aromatic N) is 4. The van der Waals surface area contributed by atoms with Crippen LogP contribution in [0, 0.1) is 0 Å². The first-order chi connectivity index (χ1) is 16.3. The van der Waals surface area contributed by atoms with Crippen LogP contribution in [0.2, 0.25) is 0 Å². The molecule has 2 aromatic heterocycles. The highest BCUT2D eigenvalue weighted by Gasteiger charge is 2.26. The fourth-order valence-corrected chi connectivity index (χ4v) is 4.15. The number of ether oxygens (including phenoxy) is 1. The molecule has 0 bridgehead atoms. The number of aliphatic hydroxyl groups is 1. The molecule has 1 saturated heterocycles. The Morgan fingerprint density at radius 1 is 1.17 bits per heavy atom. The number of anilines is 1. The summed E-state index contributed by atoms with van der Waals surface area (Å²) in [5, 5.41) is 9.86. The number of hydrogen-bond acceptors (Lipinski definition) is 7. The van der Waals surface area contributed by atoms with E-state index in [0.717, 1.165) is 31.9 Å². The number of imidazole rings is 1. The second-order valence-corrected chi connectivity index (χ2v) is 8.48. The average molecular weight is 484 g/mol. The lowest BCUT2D eigenvalue weighted by molar-refractivity contribution is -0.142. The highest BCUT2D eigenvalue weighted by Crippen LogP contribution is 2.35. The van der Waals surface area contributed by atoms with Gasteiger partial charge in [-0.3, -0.25) is 4.79 Å². The molecule has 4 N–H and O–H groups in total. The molecular weight excluding hydrogens is 457 g/mol. The van der Waals surface area contributed by atoms with Crippen molar-refractivity contribution in [2.45, 2.75) is 13.0 Å². The molecule has 3 heterocycles. The van der Waals surface area contributed by atoms with Gasteiger partial charge in [0.05, 0.1) is 16.6 Å². The van der Waals surface area contributed by atoms with Crippen molar-refractivity contribution in [2.75, 3.05) is 38.1 Å². The number of aromatic nitrogens is 3. The van der Waals surface area contributed by atoms with Gasteiger partial charge >= 0.3 is 5.97 Å². The van der Waals surface area contributed by atoms with E-state index in [9.17, 15) is 19.2 Å². The predicted molar refractivity (Wildman–Crippen MR) is 130 cm³/mol. The topological polar surface area (TPSA) is 135 Å². The molecular formula is C24H26FN5O5. The number of aliphatic hydroxyl groups excluding tert-OH is 1. The van der Waals surface area contributed by atoms with Gasteiger partial charge < -0.3 is 30.1 Å². The summed E-state index contributed by atoms with van der Waals surface area (Å²) in [4.78, 5) is 37.4. The molecule has 10 nitrogen and oxygen atoms in total. The number of nitrogens with one attached hydrogen (secondary N) is 1. The lowest BCUT2D eigenvalue weighted by atomic mass is 10.1. The van der Waals surface area contributed by atoms with Crippen molar-refractivity contribution < 1.29 is 24.6 Å². The largest absolute Gasteiger partial charge is 0.423 e. The Bertz CT molecular complexity index is 1460. The number of para-hydroxylation sites is 1. The van der Waals surface area contributed by atoms with Crippen LogP contribution in [0.1, 0.15) is 6.92 Å². The van der Waals surface area contributed by atoms with Crippen LogP contribution in [-0.4, -0.2) is 75.5 Å². The van der Waals surface area contributed by atoms with Crippen molar-refractivity contribution in [1.29, 1.82) is 0 Å². The van der Waals surface area contributed by atoms with Crippen molar-refractivity contribution >= 4 is 33.6 Å². The molecule has 0 spiro atoms. The first-order valence-electron chi connectivity index (χ1n) is 11.0. The number of fused-ring (bicyclic) bond motifs is 2. The fraction of sp³-hybridized carbons (Fsp3) is 0.292. The fourth-order valence-electron chi connectivity index (χ4n) is 4.15.